The number of ether oxygens (including phenoxy) is 2. The van der Waals surface area contributed by atoms with Gasteiger partial charge < -0.3 is 15.2 Å². The Hall–Kier alpha value is -1.54. The molecule has 1 fully saturated rings. The van der Waals surface area contributed by atoms with E-state index in [0.29, 0.717) is 24.7 Å². The Balaban J connectivity index is 1.74. The quantitative estimate of drug-likeness (QED) is 0.878. The lowest BCUT2D eigenvalue weighted by molar-refractivity contribution is -0.126. The van der Waals surface area contributed by atoms with Crippen molar-refractivity contribution in [2.24, 2.45) is 5.73 Å². The van der Waals surface area contributed by atoms with Crippen molar-refractivity contribution >= 4 is 32.6 Å². The van der Waals surface area contributed by atoms with Crippen molar-refractivity contribution in [2.45, 2.75) is 31.7 Å². The van der Waals surface area contributed by atoms with Crippen LogP contribution in [0, 0.1) is 0 Å². The zero-order chi connectivity index (χ0) is 15.5. The minimum Gasteiger partial charge on any atom is -0.380 e. The number of nitrogens with one attached hydrogen (secondary N) is 1. The molecule has 1 aliphatic rings. The van der Waals surface area contributed by atoms with E-state index in [0.717, 1.165) is 22.2 Å². The first-order valence-electron chi connectivity index (χ1n) is 7.25. The summed E-state index contributed by atoms with van der Waals surface area (Å²) in [5, 5.41) is 3.44. The molecule has 0 unspecified atom stereocenters. The van der Waals surface area contributed by atoms with Gasteiger partial charge in [-0.05, 0) is 18.9 Å². The molecule has 2 atom stereocenters. The fourth-order valence-corrected chi connectivity index (χ4v) is 3.51. The van der Waals surface area contributed by atoms with Crippen LogP contribution in [-0.2, 0) is 20.9 Å². The van der Waals surface area contributed by atoms with Gasteiger partial charge in [0.25, 0.3) is 5.91 Å². The number of hydrogen-bond acceptors (Lipinski definition) is 6. The topological polar surface area (TPSA) is 86.5 Å². The van der Waals surface area contributed by atoms with Crippen LogP contribution in [0.5, 0.6) is 0 Å². The number of aromatic nitrogens is 1. The lowest BCUT2D eigenvalue weighted by Gasteiger charge is -2.11. The first kappa shape index (κ1) is 15.4. The number of methoxy groups -OCH3 is 1. The first-order valence-corrected chi connectivity index (χ1v) is 8.06. The first-order chi connectivity index (χ1) is 10.7. The van der Waals surface area contributed by atoms with Crippen molar-refractivity contribution in [3.63, 3.8) is 0 Å². The maximum atomic E-state index is 12.2. The van der Waals surface area contributed by atoms with Crippen LogP contribution in [0.2, 0.25) is 0 Å². The van der Waals surface area contributed by atoms with Gasteiger partial charge in [-0.3, -0.25) is 10.1 Å². The lowest BCUT2D eigenvalue weighted by Crippen LogP contribution is -2.29. The molecular weight excluding hydrogens is 302 g/mol. The molecular formula is C15H19N3O3S. The number of benzene rings is 1. The number of thiazole rings is 1. The van der Waals surface area contributed by atoms with Crippen LogP contribution in [0.25, 0.3) is 10.2 Å². The molecule has 1 aliphatic heterocycles. The molecule has 7 heteroatoms. The smallest absolute Gasteiger partial charge is 0.255 e. The van der Waals surface area contributed by atoms with Crippen molar-refractivity contribution in [3.8, 4) is 0 Å². The summed E-state index contributed by atoms with van der Waals surface area (Å²) in [7, 11) is 1.65. The Labute approximate surface area is 132 Å². The van der Waals surface area contributed by atoms with Crippen LogP contribution in [0.3, 0.4) is 0 Å². The molecule has 1 aromatic carbocycles. The number of amides is 1. The van der Waals surface area contributed by atoms with Gasteiger partial charge in [-0.25, -0.2) is 4.98 Å². The summed E-state index contributed by atoms with van der Waals surface area (Å²) < 4.78 is 11.8. The van der Waals surface area contributed by atoms with Crippen LogP contribution in [0.4, 0.5) is 5.13 Å². The van der Waals surface area contributed by atoms with E-state index in [9.17, 15) is 4.79 Å². The Morgan fingerprint density at radius 1 is 1.55 bits per heavy atom. The molecule has 118 valence electrons. The van der Waals surface area contributed by atoms with Crippen molar-refractivity contribution in [2.75, 3.05) is 19.0 Å². The zero-order valence-corrected chi connectivity index (χ0v) is 13.2. The average Bonchev–Trinajstić information content (AvgIpc) is 3.13. The molecule has 22 heavy (non-hydrogen) atoms. The number of carbonyl (C=O) groups is 1. The second kappa shape index (κ2) is 6.70. The fraction of sp³-hybridized carbons (Fsp3) is 0.467. The van der Waals surface area contributed by atoms with E-state index in [1.807, 2.05) is 18.2 Å². The third kappa shape index (κ3) is 3.12. The Bertz CT molecular complexity index is 673. The predicted molar refractivity (Wildman–Crippen MR) is 85.9 cm³/mol. The molecule has 0 saturated carbocycles. The fourth-order valence-electron chi connectivity index (χ4n) is 2.59. The van der Waals surface area contributed by atoms with Gasteiger partial charge in [-0.2, -0.15) is 0 Å². The van der Waals surface area contributed by atoms with Gasteiger partial charge >= 0.3 is 0 Å². The van der Waals surface area contributed by atoms with Crippen LogP contribution in [0.15, 0.2) is 18.2 Å². The number of fused-ring (bicyclic) bond motifs is 1. The molecule has 0 aliphatic carbocycles. The summed E-state index contributed by atoms with van der Waals surface area (Å²) in [4.78, 5) is 16.7. The van der Waals surface area contributed by atoms with E-state index in [2.05, 4.69) is 10.3 Å². The highest BCUT2D eigenvalue weighted by atomic mass is 32.1. The van der Waals surface area contributed by atoms with Crippen molar-refractivity contribution in [1.82, 2.24) is 4.98 Å². The van der Waals surface area contributed by atoms with Gasteiger partial charge in [0.1, 0.15) is 6.10 Å². The molecule has 0 spiro atoms. The van der Waals surface area contributed by atoms with Gasteiger partial charge in [0.2, 0.25) is 0 Å². The van der Waals surface area contributed by atoms with Gasteiger partial charge in [0.05, 0.1) is 22.9 Å². The van der Waals surface area contributed by atoms with Crippen LogP contribution >= 0.6 is 11.3 Å². The normalized spacial score (nSPS) is 21.4. The summed E-state index contributed by atoms with van der Waals surface area (Å²) in [6, 6.07) is 5.92. The molecule has 1 amide bonds. The highest BCUT2D eigenvalue weighted by Gasteiger charge is 2.30. The minimum atomic E-state index is -0.431. The molecule has 1 aromatic heterocycles. The summed E-state index contributed by atoms with van der Waals surface area (Å²) in [5.41, 5.74) is 7.45. The maximum absolute atomic E-state index is 12.2. The van der Waals surface area contributed by atoms with Crippen LogP contribution < -0.4 is 11.1 Å². The third-order valence-electron chi connectivity index (χ3n) is 3.70. The monoisotopic (exact) mass is 321 g/mol. The summed E-state index contributed by atoms with van der Waals surface area (Å²) in [5.74, 6) is -0.150. The number of anilines is 1. The summed E-state index contributed by atoms with van der Waals surface area (Å²) in [6.07, 6.45) is 1.08. The number of hydrogen-bond donors (Lipinski definition) is 2. The zero-order valence-electron chi connectivity index (χ0n) is 12.4. The highest BCUT2D eigenvalue weighted by Crippen LogP contribution is 2.29. The largest absolute Gasteiger partial charge is 0.380 e. The number of para-hydroxylation sites is 1. The molecule has 2 aromatic rings. The number of nitrogens with two attached hydrogens (primary N) is 1. The Kier molecular flexibility index (Phi) is 4.68. The van der Waals surface area contributed by atoms with E-state index in [-0.39, 0.29) is 12.0 Å². The third-order valence-corrected chi connectivity index (χ3v) is 4.63. The average molecular weight is 321 g/mol. The Morgan fingerprint density at radius 2 is 2.41 bits per heavy atom. The Morgan fingerprint density at radius 3 is 3.14 bits per heavy atom. The molecule has 1 saturated heterocycles. The number of carbonyl (C=O) groups excluding carboxylic acids is 1. The standard InChI is InChI=1S/C15H19N3O3S/c1-20-8-9-3-2-4-12-13(9)17-15(22-12)18-14(19)11-6-5-10(7-16)21-11/h2-4,10-11H,5-8,16H2,1H3,(H,17,18,19)/t10-,11+/m1/s1. The molecule has 0 radical (unpaired) electrons. The lowest BCUT2D eigenvalue weighted by atomic mass is 10.2. The predicted octanol–water partition coefficient (Wildman–Crippen LogP) is 1.89. The van der Waals surface area contributed by atoms with Gasteiger partial charge in [-0.1, -0.05) is 23.5 Å². The van der Waals surface area contributed by atoms with Gasteiger partial charge in [-0.15, -0.1) is 0 Å². The highest BCUT2D eigenvalue weighted by molar-refractivity contribution is 7.22. The van der Waals surface area contributed by atoms with Gasteiger partial charge in [0.15, 0.2) is 5.13 Å². The summed E-state index contributed by atoms with van der Waals surface area (Å²) in [6.45, 7) is 0.948. The number of rotatable bonds is 5. The van der Waals surface area contributed by atoms with E-state index in [4.69, 9.17) is 15.2 Å². The van der Waals surface area contributed by atoms with Gasteiger partial charge in [0, 0.05) is 19.2 Å². The van der Waals surface area contributed by atoms with E-state index in [1.165, 1.54) is 11.3 Å². The van der Waals surface area contributed by atoms with Crippen LogP contribution in [0.1, 0.15) is 18.4 Å². The second-order valence-corrected chi connectivity index (χ2v) is 6.30. The molecule has 2 heterocycles. The van der Waals surface area contributed by atoms with Crippen LogP contribution in [-0.4, -0.2) is 36.8 Å². The molecule has 3 N–H and O–H groups in total. The van der Waals surface area contributed by atoms with E-state index >= 15 is 0 Å². The maximum Gasteiger partial charge on any atom is 0.255 e. The molecule has 3 rings (SSSR count). The summed E-state index contributed by atoms with van der Waals surface area (Å²) >= 11 is 1.45. The van der Waals surface area contributed by atoms with E-state index < -0.39 is 6.10 Å². The SMILES string of the molecule is COCc1cccc2sc(NC(=O)[C@@H]3CC[C@H](CN)O3)nc12. The number of nitrogens with zero attached hydrogens (tertiary/aromatic N) is 1. The van der Waals surface area contributed by atoms with Crippen molar-refractivity contribution in [3.05, 3.63) is 23.8 Å². The minimum absolute atomic E-state index is 0.0144. The second-order valence-electron chi connectivity index (χ2n) is 5.26. The van der Waals surface area contributed by atoms with E-state index in [1.54, 1.807) is 7.11 Å². The molecule has 0 bridgehead atoms. The van der Waals surface area contributed by atoms with Crippen molar-refractivity contribution < 1.29 is 14.3 Å². The molecule has 6 nitrogen and oxygen atoms in total. The van der Waals surface area contributed by atoms with Crippen molar-refractivity contribution in [1.29, 1.82) is 0 Å².